The second kappa shape index (κ2) is 6.75. The molecule has 2 aromatic heterocycles. The highest BCUT2D eigenvalue weighted by Crippen LogP contribution is 2.20. The summed E-state index contributed by atoms with van der Waals surface area (Å²) in [7, 11) is 1.41. The first kappa shape index (κ1) is 16.7. The first-order valence-electron chi connectivity index (χ1n) is 7.29. The number of nitriles is 1. The van der Waals surface area contributed by atoms with Gasteiger partial charge in [-0.2, -0.15) is 10.2 Å². The number of methoxy groups -OCH3 is 1. The maximum Gasteiger partial charge on any atom is 0.272 e. The Morgan fingerprint density at radius 1 is 1.40 bits per heavy atom. The van der Waals surface area contributed by atoms with E-state index in [1.165, 1.54) is 13.3 Å². The van der Waals surface area contributed by atoms with Crippen LogP contribution >= 0.6 is 11.6 Å². The molecule has 25 heavy (non-hydrogen) atoms. The topological polar surface area (TPSA) is 117 Å². The number of rotatable bonds is 4. The van der Waals surface area contributed by atoms with E-state index in [0.29, 0.717) is 16.1 Å². The second-order valence-electron chi connectivity index (χ2n) is 5.21. The van der Waals surface area contributed by atoms with Crippen LogP contribution in [0.25, 0.3) is 11.0 Å². The van der Waals surface area contributed by atoms with E-state index in [-0.39, 0.29) is 28.6 Å². The number of hydrogen-bond acceptors (Lipinski definition) is 7. The average Bonchev–Trinajstić information content (AvgIpc) is 2.61. The lowest BCUT2D eigenvalue weighted by molar-refractivity contribution is 0.396. The maximum absolute atomic E-state index is 12.3. The number of ether oxygens (including phenoxy) is 1. The number of benzene rings is 1. The maximum atomic E-state index is 12.3. The molecule has 0 saturated heterocycles. The highest BCUT2D eigenvalue weighted by molar-refractivity contribution is 6.31. The molecule has 1 atom stereocenters. The molecule has 0 radical (unpaired) electrons. The number of nitrogens with one attached hydrogen (secondary N) is 2. The fourth-order valence-electron chi connectivity index (χ4n) is 2.29. The number of H-pyrrole nitrogens is 1. The molecule has 0 saturated carbocycles. The molecule has 0 unspecified atom stereocenters. The van der Waals surface area contributed by atoms with E-state index in [2.05, 4.69) is 25.3 Å². The molecule has 9 heteroatoms. The van der Waals surface area contributed by atoms with E-state index in [9.17, 15) is 4.79 Å². The summed E-state index contributed by atoms with van der Waals surface area (Å²) in [6.45, 7) is 1.75. The Morgan fingerprint density at radius 2 is 2.20 bits per heavy atom. The minimum absolute atomic E-state index is 0.152. The van der Waals surface area contributed by atoms with E-state index < -0.39 is 6.04 Å². The third-order valence-electron chi connectivity index (χ3n) is 3.50. The summed E-state index contributed by atoms with van der Waals surface area (Å²) in [5.74, 6) is 0.370. The van der Waals surface area contributed by atoms with Crippen LogP contribution in [0.15, 0.2) is 29.2 Å². The van der Waals surface area contributed by atoms with Crippen LogP contribution in [0, 0.1) is 11.3 Å². The number of anilines is 1. The van der Waals surface area contributed by atoms with Crippen molar-refractivity contribution < 1.29 is 4.74 Å². The van der Waals surface area contributed by atoms with Gasteiger partial charge in [-0.05, 0) is 25.1 Å². The predicted molar refractivity (Wildman–Crippen MR) is 92.7 cm³/mol. The van der Waals surface area contributed by atoms with Gasteiger partial charge in [0.05, 0.1) is 30.4 Å². The van der Waals surface area contributed by atoms with Crippen LogP contribution in [0.1, 0.15) is 24.2 Å². The Morgan fingerprint density at radius 3 is 2.92 bits per heavy atom. The molecule has 0 amide bonds. The molecule has 2 heterocycles. The zero-order valence-corrected chi connectivity index (χ0v) is 14.1. The molecular formula is C16H13ClN6O2. The van der Waals surface area contributed by atoms with Gasteiger partial charge in [0, 0.05) is 5.02 Å². The molecule has 126 valence electrons. The molecule has 3 rings (SSSR count). The van der Waals surface area contributed by atoms with Crippen molar-refractivity contribution in [2.75, 3.05) is 12.4 Å². The highest BCUT2D eigenvalue weighted by atomic mass is 35.5. The van der Waals surface area contributed by atoms with Gasteiger partial charge >= 0.3 is 0 Å². The van der Waals surface area contributed by atoms with Crippen molar-refractivity contribution in [3.05, 3.63) is 51.0 Å². The molecule has 1 aromatic carbocycles. The monoisotopic (exact) mass is 356 g/mol. The summed E-state index contributed by atoms with van der Waals surface area (Å²) in [5.41, 5.74) is 1.34. The van der Waals surface area contributed by atoms with Crippen LogP contribution in [0.5, 0.6) is 5.88 Å². The number of fused-ring (bicyclic) bond motifs is 1. The number of hydrogen-bond donors (Lipinski definition) is 2. The quantitative estimate of drug-likeness (QED) is 0.737. The third kappa shape index (κ3) is 3.36. The molecule has 0 aliphatic rings. The molecule has 3 aromatic rings. The van der Waals surface area contributed by atoms with Crippen molar-refractivity contribution in [2.24, 2.45) is 0 Å². The SMILES string of the molecule is COc1nc(N[C@@H](C)c2nc3cc(Cl)ccc3[nH]c2=O)ncc1C#N. The minimum atomic E-state index is -0.482. The van der Waals surface area contributed by atoms with Gasteiger partial charge in [0.1, 0.15) is 17.3 Å². The van der Waals surface area contributed by atoms with Crippen LogP contribution in [0.3, 0.4) is 0 Å². The molecule has 8 nitrogen and oxygen atoms in total. The van der Waals surface area contributed by atoms with Gasteiger partial charge in [-0.1, -0.05) is 11.6 Å². The average molecular weight is 357 g/mol. The summed E-state index contributed by atoms with van der Waals surface area (Å²) >= 11 is 5.97. The van der Waals surface area contributed by atoms with Crippen LogP contribution in [-0.2, 0) is 0 Å². The zero-order chi connectivity index (χ0) is 18.0. The first-order chi connectivity index (χ1) is 12.0. The van der Waals surface area contributed by atoms with Gasteiger partial charge in [-0.15, -0.1) is 0 Å². The molecular weight excluding hydrogens is 344 g/mol. The summed E-state index contributed by atoms with van der Waals surface area (Å²) in [6.07, 6.45) is 1.35. The first-order valence-corrected chi connectivity index (χ1v) is 7.66. The molecule has 2 N–H and O–H groups in total. The number of halogens is 1. The standard InChI is InChI=1S/C16H13ClN6O2/c1-8(20-16-19-7-9(6-18)15(23-16)25-2)13-14(24)22-11-4-3-10(17)5-12(11)21-13/h3-5,7-8H,1-2H3,(H,22,24)(H,19,20,23)/t8-/m0/s1. The summed E-state index contributed by atoms with van der Waals surface area (Å²) in [6, 6.07) is 6.50. The highest BCUT2D eigenvalue weighted by Gasteiger charge is 2.15. The smallest absolute Gasteiger partial charge is 0.272 e. The predicted octanol–water partition coefficient (Wildman–Crippen LogP) is 2.42. The summed E-state index contributed by atoms with van der Waals surface area (Å²) in [5, 5.41) is 12.5. The summed E-state index contributed by atoms with van der Waals surface area (Å²) in [4.78, 5) is 27.6. The van der Waals surface area contributed by atoms with Crippen LogP contribution in [-0.4, -0.2) is 27.0 Å². The Labute approximate surface area is 147 Å². The Balaban J connectivity index is 1.94. The lowest BCUT2D eigenvalue weighted by Gasteiger charge is -2.14. The molecule has 0 aliphatic heterocycles. The third-order valence-corrected chi connectivity index (χ3v) is 3.74. The van der Waals surface area contributed by atoms with Crippen molar-refractivity contribution in [2.45, 2.75) is 13.0 Å². The van der Waals surface area contributed by atoms with Crippen molar-refractivity contribution in [1.29, 1.82) is 5.26 Å². The van der Waals surface area contributed by atoms with Gasteiger partial charge in [0.15, 0.2) is 0 Å². The van der Waals surface area contributed by atoms with Gasteiger partial charge < -0.3 is 15.0 Å². The van der Waals surface area contributed by atoms with Crippen molar-refractivity contribution in [1.82, 2.24) is 19.9 Å². The lowest BCUT2D eigenvalue weighted by atomic mass is 10.2. The van der Waals surface area contributed by atoms with Crippen LogP contribution in [0.2, 0.25) is 5.02 Å². The second-order valence-corrected chi connectivity index (χ2v) is 5.64. The normalized spacial score (nSPS) is 11.8. The van der Waals surface area contributed by atoms with E-state index in [1.807, 2.05) is 6.07 Å². The van der Waals surface area contributed by atoms with Crippen molar-refractivity contribution in [3.63, 3.8) is 0 Å². The Hall–Kier alpha value is -3.18. The van der Waals surface area contributed by atoms with E-state index in [0.717, 1.165) is 0 Å². The van der Waals surface area contributed by atoms with Crippen molar-refractivity contribution >= 4 is 28.6 Å². The number of aromatic nitrogens is 4. The number of aromatic amines is 1. The van der Waals surface area contributed by atoms with E-state index in [1.54, 1.807) is 25.1 Å². The Kier molecular flexibility index (Phi) is 4.50. The Bertz CT molecular complexity index is 1040. The largest absolute Gasteiger partial charge is 0.480 e. The van der Waals surface area contributed by atoms with Gasteiger partial charge in [0.25, 0.3) is 5.56 Å². The number of nitrogens with zero attached hydrogens (tertiary/aromatic N) is 4. The van der Waals surface area contributed by atoms with Crippen LogP contribution < -0.4 is 15.6 Å². The molecule has 0 aliphatic carbocycles. The van der Waals surface area contributed by atoms with Gasteiger partial charge in [0.2, 0.25) is 11.8 Å². The van der Waals surface area contributed by atoms with Gasteiger partial charge in [-0.25, -0.2) is 9.97 Å². The molecule has 0 fully saturated rings. The van der Waals surface area contributed by atoms with E-state index >= 15 is 0 Å². The fourth-order valence-corrected chi connectivity index (χ4v) is 2.46. The zero-order valence-electron chi connectivity index (χ0n) is 13.4. The van der Waals surface area contributed by atoms with Crippen molar-refractivity contribution in [3.8, 4) is 11.9 Å². The molecule has 0 spiro atoms. The van der Waals surface area contributed by atoms with Gasteiger partial charge in [-0.3, -0.25) is 4.79 Å². The molecule has 0 bridgehead atoms. The minimum Gasteiger partial charge on any atom is -0.480 e. The van der Waals surface area contributed by atoms with Crippen LogP contribution in [0.4, 0.5) is 5.95 Å². The fraction of sp³-hybridized carbons (Fsp3) is 0.188. The summed E-state index contributed by atoms with van der Waals surface area (Å²) < 4.78 is 5.05. The lowest BCUT2D eigenvalue weighted by Crippen LogP contribution is -2.22. The van der Waals surface area contributed by atoms with E-state index in [4.69, 9.17) is 21.6 Å².